The highest BCUT2D eigenvalue weighted by Gasteiger charge is 2.53. The van der Waals surface area contributed by atoms with Gasteiger partial charge in [0, 0.05) is 86.2 Å². The fraction of sp³-hybridized carbons (Fsp3) is 0.653. The number of aromatic nitrogens is 4. The number of aryl methyl sites for hydroxylation is 1. The Hall–Kier alpha value is -6.37. The number of ether oxygens (including phenoxy) is 7. The Labute approximate surface area is 553 Å². The topological polar surface area (TPSA) is 301 Å². The number of hydrogen-bond acceptors (Lipinski definition) is 20. The lowest BCUT2D eigenvalue weighted by Gasteiger charge is -2.43. The van der Waals surface area contributed by atoms with E-state index in [0.29, 0.717) is 123 Å². The Balaban J connectivity index is 1.01. The van der Waals surface area contributed by atoms with Gasteiger partial charge in [0.1, 0.15) is 35.8 Å². The van der Waals surface area contributed by atoms with E-state index in [-0.39, 0.29) is 98.1 Å². The summed E-state index contributed by atoms with van der Waals surface area (Å²) in [7, 11) is 4.47. The number of aliphatic hydroxyl groups is 3. The molecule has 1 amide bonds. The number of cyclic esters (lactones) is 1. The number of nitrogen functional groups attached to an aromatic ring is 1. The second-order valence-corrected chi connectivity index (χ2v) is 27.3. The molecule has 3 aromatic heterocycles. The van der Waals surface area contributed by atoms with Crippen molar-refractivity contribution in [2.24, 2.45) is 35.5 Å². The summed E-state index contributed by atoms with van der Waals surface area (Å²) in [5.74, 6) is -8.07. The van der Waals surface area contributed by atoms with Gasteiger partial charge >= 0.3 is 5.97 Å². The number of esters is 1. The van der Waals surface area contributed by atoms with E-state index in [1.54, 1.807) is 62.9 Å². The van der Waals surface area contributed by atoms with Crippen molar-refractivity contribution in [3.8, 4) is 17.0 Å². The molecule has 15 atom stereocenters. The van der Waals surface area contributed by atoms with Gasteiger partial charge in [-0.3, -0.25) is 28.5 Å². The number of ketones is 3. The molecule has 0 radical (unpaired) electrons. The minimum atomic E-state index is -2.54. The van der Waals surface area contributed by atoms with Crippen molar-refractivity contribution in [2.75, 3.05) is 46.8 Å². The number of nitrogens with zero attached hydrogens (tertiary/aromatic N) is 5. The van der Waals surface area contributed by atoms with E-state index in [9.17, 15) is 44.1 Å². The van der Waals surface area contributed by atoms with Crippen LogP contribution >= 0.6 is 0 Å². The summed E-state index contributed by atoms with van der Waals surface area (Å²) in [6.45, 7) is 14.9. The van der Waals surface area contributed by atoms with Crippen molar-refractivity contribution in [2.45, 2.75) is 225 Å². The second kappa shape index (κ2) is 33.5. The Bertz CT molecular complexity index is 3300. The molecule has 516 valence electrons. The van der Waals surface area contributed by atoms with Gasteiger partial charge in [0.25, 0.3) is 17.2 Å². The number of piperidine rings is 1. The van der Waals surface area contributed by atoms with Crippen LogP contribution in [-0.2, 0) is 52.4 Å². The number of Topliss-reactive ketones (excluding diaryl/α,β-unsaturated/α-hetero) is 3. The third kappa shape index (κ3) is 18.0. The zero-order chi connectivity index (χ0) is 68.1. The van der Waals surface area contributed by atoms with Crippen LogP contribution in [0.1, 0.15) is 163 Å². The number of aliphatic hydroxyl groups excluding tert-OH is 2. The Kier molecular flexibility index (Phi) is 26.2. The number of pyridine rings is 2. The molecule has 0 spiro atoms. The van der Waals surface area contributed by atoms with Crippen LogP contribution in [0.25, 0.3) is 22.2 Å². The van der Waals surface area contributed by atoms with Crippen LogP contribution in [0.2, 0.25) is 0 Å². The molecular weight excluding hydrogens is 1200 g/mol. The third-order valence-electron chi connectivity index (χ3n) is 20.3. The molecule has 2 unspecified atom stereocenters. The van der Waals surface area contributed by atoms with Crippen LogP contribution in [0, 0.1) is 42.4 Å². The average Bonchev–Trinajstić information content (AvgIpc) is 0.760. The molecule has 4 fully saturated rings. The van der Waals surface area contributed by atoms with Crippen molar-refractivity contribution in [3.05, 3.63) is 88.0 Å². The number of rotatable bonds is 13. The van der Waals surface area contributed by atoms with Gasteiger partial charge in [0.2, 0.25) is 17.6 Å². The van der Waals surface area contributed by atoms with E-state index in [1.165, 1.54) is 19.1 Å². The highest BCUT2D eigenvalue weighted by molar-refractivity contribution is 6.39. The standard InChI is InChI=1S/C72H102N6O16/c1-41-17-13-12-14-18-42(2)59(92-32-31-91-52-26-23-51(24-27-52)78-67-54(48(8)75-71(73)76-67)38-55(68(78)84)50-22-29-62(89-10)74-40-50)37-53-25-20-47(7)72(87,94-53)66(83)69(85)77-30-16-15-19-56(77)70(86)93-60(44(4)35-49-21-28-57(79)61(36-49)88-9)39-58(80)43(3)34-46(6)64(82)65(90-11)63(81)45(5)33-41/h12-14,17-18,22,29,34,38,40-41,43-45,47,49,51-53,56-57,59-61,64-65,79,82,87H,15-16,19-21,23-28,30-33,35-37,39H2,1-11H3,(H2,73,75,76)/b14-12+,17-13+,42-18-,46-34+/t41-,43-,44?,45-,47-,49-,51-,52-,53+,56?,57-,59+,60+,61-,64-,65+,72-/m1/s1. The summed E-state index contributed by atoms with van der Waals surface area (Å²) in [6.07, 6.45) is 14.1. The smallest absolute Gasteiger partial charge is 0.329 e. The van der Waals surface area contributed by atoms with Crippen LogP contribution in [0.3, 0.4) is 0 Å². The van der Waals surface area contributed by atoms with Crippen LogP contribution in [-0.4, -0.2) is 171 Å². The molecule has 6 heterocycles. The molecule has 3 aliphatic heterocycles. The van der Waals surface area contributed by atoms with Gasteiger partial charge in [-0.1, -0.05) is 71.1 Å². The molecule has 94 heavy (non-hydrogen) atoms. The lowest BCUT2D eigenvalue weighted by Crippen LogP contribution is -2.61. The number of amides is 1. The Morgan fingerprint density at radius 3 is 2.27 bits per heavy atom. The minimum absolute atomic E-state index is 0.0393. The van der Waals surface area contributed by atoms with Gasteiger partial charge in [-0.05, 0) is 152 Å². The largest absolute Gasteiger partial charge is 0.481 e. The highest BCUT2D eigenvalue weighted by atomic mass is 16.6. The zero-order valence-electron chi connectivity index (χ0n) is 56.9. The number of allylic oxidation sites excluding steroid dienone is 6. The SMILES string of the molecule is COc1ccc(-c2cc3c(C)nc(N)nc3n([C@H]3CC[C@H](OCCO[C@H]4C[C@@H]5CC[C@@H](C)[C@@](O)(O5)C(=O)C(=O)N5CCCCC5C(=O)O[C@H](C(C)C[C@H]5CC[C@@H](O)[C@H](OC)C5)CC(=O)[C@H](C)/C=C(\C)[C@@H](O)[C@@H](OC)C(=O)[C@H](C)C[C@H](C)/C=C/C=C/C=C\4C)CC3)c2=O)cn1. The quantitative estimate of drug-likeness (QED) is 0.0537. The summed E-state index contributed by atoms with van der Waals surface area (Å²) in [4.78, 5) is 101. The molecule has 2 bridgehead atoms. The molecule has 8 rings (SSSR count). The number of hydrogen-bond donors (Lipinski definition) is 4. The van der Waals surface area contributed by atoms with Gasteiger partial charge < -0.3 is 59.1 Å². The predicted molar refractivity (Wildman–Crippen MR) is 354 cm³/mol. The first-order valence-corrected chi connectivity index (χ1v) is 33.9. The number of fused-ring (bicyclic) bond motifs is 4. The molecule has 5 aliphatic rings. The summed E-state index contributed by atoms with van der Waals surface area (Å²) in [5.41, 5.74) is 9.34. The summed E-state index contributed by atoms with van der Waals surface area (Å²) in [5, 5.41) is 35.4. The first-order chi connectivity index (χ1) is 44.8. The average molecular weight is 1310 g/mol. The van der Waals surface area contributed by atoms with E-state index in [0.717, 1.165) is 5.57 Å². The monoisotopic (exact) mass is 1310 g/mol. The third-order valence-corrected chi connectivity index (χ3v) is 20.3. The number of nitrogens with two attached hydrogens (primary N) is 1. The fourth-order valence-electron chi connectivity index (χ4n) is 14.5. The molecule has 2 aliphatic carbocycles. The molecule has 2 saturated heterocycles. The zero-order valence-corrected chi connectivity index (χ0v) is 56.9. The van der Waals surface area contributed by atoms with Gasteiger partial charge in [-0.25, -0.2) is 14.8 Å². The number of anilines is 1. The maximum Gasteiger partial charge on any atom is 0.329 e. The van der Waals surface area contributed by atoms with Gasteiger partial charge in [-0.15, -0.1) is 0 Å². The van der Waals surface area contributed by atoms with Crippen molar-refractivity contribution < 1.29 is 72.5 Å². The molecule has 3 aromatic rings. The van der Waals surface area contributed by atoms with Crippen molar-refractivity contribution in [1.29, 1.82) is 0 Å². The lowest BCUT2D eigenvalue weighted by atomic mass is 9.78. The van der Waals surface area contributed by atoms with Crippen molar-refractivity contribution >= 4 is 46.2 Å². The molecular formula is C72H102N6O16. The fourth-order valence-corrected chi connectivity index (χ4v) is 14.5. The summed E-state index contributed by atoms with van der Waals surface area (Å²) >= 11 is 0. The van der Waals surface area contributed by atoms with E-state index >= 15 is 0 Å². The molecule has 22 nitrogen and oxygen atoms in total. The maximum absolute atomic E-state index is 14.7. The lowest BCUT2D eigenvalue weighted by molar-refractivity contribution is -0.266. The van der Waals surface area contributed by atoms with E-state index < -0.39 is 83.9 Å². The number of methoxy groups -OCH3 is 3. The van der Waals surface area contributed by atoms with Crippen LogP contribution in [0.4, 0.5) is 5.95 Å². The van der Waals surface area contributed by atoms with Crippen molar-refractivity contribution in [3.63, 3.8) is 0 Å². The van der Waals surface area contributed by atoms with E-state index in [2.05, 4.69) is 15.0 Å². The van der Waals surface area contributed by atoms with E-state index in [4.69, 9.17) is 38.9 Å². The molecule has 5 N–H and O–H groups in total. The van der Waals surface area contributed by atoms with Crippen molar-refractivity contribution in [1.82, 2.24) is 24.4 Å². The molecule has 0 aromatic carbocycles. The van der Waals surface area contributed by atoms with Gasteiger partial charge in [-0.2, -0.15) is 4.98 Å². The second-order valence-electron chi connectivity index (χ2n) is 27.3. The maximum atomic E-state index is 14.7. The minimum Gasteiger partial charge on any atom is -0.481 e. The number of carbonyl (C=O) groups is 5. The Morgan fingerprint density at radius 2 is 1.56 bits per heavy atom. The normalized spacial score (nSPS) is 34.1. The van der Waals surface area contributed by atoms with E-state index in [1.807, 2.05) is 65.0 Å². The first-order valence-electron chi connectivity index (χ1n) is 33.9. The summed E-state index contributed by atoms with van der Waals surface area (Å²) in [6, 6.07) is 3.91. The summed E-state index contributed by atoms with van der Waals surface area (Å²) < 4.78 is 44.2. The number of carbonyl (C=O) groups excluding carboxylic acids is 5. The van der Waals surface area contributed by atoms with Crippen LogP contribution < -0.4 is 16.0 Å². The first kappa shape index (κ1) is 73.4. The Morgan fingerprint density at radius 1 is 0.819 bits per heavy atom. The highest BCUT2D eigenvalue weighted by Crippen LogP contribution is 2.39. The van der Waals surface area contributed by atoms with Gasteiger partial charge in [0.15, 0.2) is 5.78 Å². The van der Waals surface area contributed by atoms with Crippen LogP contribution in [0.15, 0.2) is 76.8 Å². The molecule has 22 heteroatoms. The predicted octanol–water partition coefficient (Wildman–Crippen LogP) is 8.82. The van der Waals surface area contributed by atoms with Gasteiger partial charge in [0.05, 0.1) is 56.5 Å². The van der Waals surface area contributed by atoms with Crippen LogP contribution in [0.5, 0.6) is 5.88 Å². The molecule has 2 saturated carbocycles.